The van der Waals surface area contributed by atoms with E-state index in [1.165, 1.54) is 102 Å². The van der Waals surface area contributed by atoms with E-state index in [4.69, 9.17) is 16.0 Å². The number of nitrogens with zero attached hydrogens (tertiary/aromatic N) is 3. The summed E-state index contributed by atoms with van der Waals surface area (Å²) in [6.45, 7) is 25.4. The van der Waals surface area contributed by atoms with Crippen LogP contribution in [0.2, 0.25) is 0 Å². The number of methoxy groups -OCH3 is 2. The summed E-state index contributed by atoms with van der Waals surface area (Å²) in [7, 11) is 3.37. The first kappa shape index (κ1) is 47.7. The van der Waals surface area contributed by atoms with E-state index in [0.717, 1.165) is 38.4 Å². The molecule has 0 bridgehead atoms. The fourth-order valence-corrected chi connectivity index (χ4v) is 16.3. The zero-order valence-electron chi connectivity index (χ0n) is 41.3. The van der Waals surface area contributed by atoms with Crippen molar-refractivity contribution in [3.63, 3.8) is 0 Å². The van der Waals surface area contributed by atoms with Gasteiger partial charge in [0.15, 0.2) is 0 Å². The van der Waals surface area contributed by atoms with Crippen molar-refractivity contribution in [1.82, 2.24) is 0 Å². The number of carboxylic acids is 1. The van der Waals surface area contributed by atoms with E-state index in [1.54, 1.807) is 25.6 Å². The fraction of sp³-hybridized carbons (Fsp3) is 0.169. The molecular formula is C59H52BN3O4S4. The Hall–Kier alpha value is -7.01. The monoisotopic (exact) mass is 1010 g/mol. The first-order chi connectivity index (χ1) is 34.1. The minimum atomic E-state index is -1.83. The van der Waals surface area contributed by atoms with Crippen LogP contribution in [0.25, 0.3) is 50.8 Å². The highest BCUT2D eigenvalue weighted by molar-refractivity contribution is 7.31. The van der Waals surface area contributed by atoms with Gasteiger partial charge in [0, 0.05) is 41.4 Å². The van der Waals surface area contributed by atoms with E-state index >= 15 is 0 Å². The maximum Gasteiger partial charge on any atom is 0.363 e. The zero-order valence-corrected chi connectivity index (χ0v) is 44.6. The molecule has 1 aliphatic rings. The Morgan fingerprint density at radius 1 is 0.592 bits per heavy atom. The molecule has 0 spiro atoms. The van der Waals surface area contributed by atoms with E-state index < -0.39 is 12.3 Å². The molecule has 0 radical (unpaired) electrons. The highest BCUT2D eigenvalue weighted by atomic mass is 32.1. The lowest BCUT2D eigenvalue weighted by Gasteiger charge is -2.38. The van der Waals surface area contributed by atoms with E-state index in [1.807, 2.05) is 58.3 Å². The normalized spacial score (nSPS) is 12.7. The Kier molecular flexibility index (Phi) is 12.5. The van der Waals surface area contributed by atoms with Crippen molar-refractivity contribution in [1.29, 1.82) is 0 Å². The summed E-state index contributed by atoms with van der Waals surface area (Å²) in [4.78, 5) is 25.9. The molecule has 0 saturated heterocycles. The summed E-state index contributed by atoms with van der Waals surface area (Å²) in [5.41, 5.74) is 17.6. The largest absolute Gasteiger partial charge is 0.497 e. The molecule has 9 aromatic rings. The minimum absolute atomic E-state index is 0.298. The Morgan fingerprint density at radius 3 is 1.54 bits per heavy atom. The minimum Gasteiger partial charge on any atom is -0.497 e. The number of aromatic nitrogens is 1. The van der Waals surface area contributed by atoms with Crippen LogP contribution in [0.4, 0.5) is 17.1 Å². The molecule has 12 heteroatoms. The van der Waals surface area contributed by atoms with Gasteiger partial charge in [0.05, 0.1) is 30.5 Å². The average molecular weight is 1010 g/mol. The third-order valence-electron chi connectivity index (χ3n) is 13.8. The maximum absolute atomic E-state index is 12.2. The van der Waals surface area contributed by atoms with Gasteiger partial charge in [-0.3, -0.25) is 4.79 Å². The van der Waals surface area contributed by atoms with Crippen LogP contribution in [0.5, 0.6) is 11.5 Å². The van der Waals surface area contributed by atoms with Crippen LogP contribution in [0, 0.1) is 62.0 Å². The molecule has 7 nitrogen and oxygen atoms in total. The lowest BCUT2D eigenvalue weighted by Crippen LogP contribution is -2.84. The highest BCUT2D eigenvalue weighted by Gasteiger charge is 2.55. The number of hydrogen-bond acceptors (Lipinski definition) is 8. The Balaban J connectivity index is 1.07. The van der Waals surface area contributed by atoms with Crippen molar-refractivity contribution in [2.24, 2.45) is 0 Å². The van der Waals surface area contributed by atoms with Crippen LogP contribution in [0.1, 0.15) is 49.4 Å². The van der Waals surface area contributed by atoms with Gasteiger partial charge >= 0.3 is 12.3 Å². The number of carboxylic acid groups (broad SMARTS) is 1. The predicted molar refractivity (Wildman–Crippen MR) is 301 cm³/mol. The number of ether oxygens (including phenoxy) is 2. The third-order valence-corrected chi connectivity index (χ3v) is 19.1. The predicted octanol–water partition coefficient (Wildman–Crippen LogP) is 14.0. The van der Waals surface area contributed by atoms with E-state index in [9.17, 15) is 9.90 Å². The van der Waals surface area contributed by atoms with Gasteiger partial charge in [-0.15, -0.1) is 50.4 Å². The number of rotatable bonds is 12. The molecule has 1 N–H and O–H groups in total. The van der Waals surface area contributed by atoms with E-state index in [0.29, 0.717) is 0 Å². The van der Waals surface area contributed by atoms with Crippen molar-refractivity contribution in [2.45, 2.75) is 55.4 Å². The molecule has 0 unspecified atom stereocenters. The van der Waals surface area contributed by atoms with Crippen molar-refractivity contribution >= 4 is 97.1 Å². The Bertz CT molecular complexity index is 3490. The van der Waals surface area contributed by atoms with Crippen molar-refractivity contribution in [3.8, 4) is 51.3 Å². The van der Waals surface area contributed by atoms with Gasteiger partial charge in [-0.05, 0) is 151 Å². The molecule has 5 heterocycles. The van der Waals surface area contributed by atoms with Crippen molar-refractivity contribution in [3.05, 3.63) is 188 Å². The lowest BCUT2D eigenvalue weighted by atomic mass is 9.23. The number of thiophene rings is 3. The summed E-state index contributed by atoms with van der Waals surface area (Å²) in [6.07, 6.45) is 1.81. The smallest absolute Gasteiger partial charge is 0.363 e. The van der Waals surface area contributed by atoms with Gasteiger partial charge in [-0.2, -0.15) is 0 Å². The quantitative estimate of drug-likeness (QED) is 0.0750. The molecule has 354 valence electrons. The summed E-state index contributed by atoms with van der Waals surface area (Å²) in [5, 5.41) is 11.0. The van der Waals surface area contributed by atoms with Crippen molar-refractivity contribution < 1.29 is 23.9 Å². The van der Waals surface area contributed by atoms with E-state index in [-0.39, 0.29) is 5.70 Å². The van der Waals surface area contributed by atoms with Crippen LogP contribution in [0.3, 0.4) is 0 Å². The Labute approximate surface area is 432 Å². The first-order valence-electron chi connectivity index (χ1n) is 23.4. The average Bonchev–Trinajstić information content (AvgIpc) is 4.17. The summed E-state index contributed by atoms with van der Waals surface area (Å²) < 4.78 is 13.4. The fourth-order valence-electron chi connectivity index (χ4n) is 11.2. The molecule has 5 aromatic carbocycles. The number of fused-ring (bicyclic) bond motifs is 3. The second-order valence-corrected chi connectivity index (χ2v) is 22.9. The number of aliphatic carboxylic acids is 1. The van der Waals surface area contributed by atoms with Crippen molar-refractivity contribution in [2.75, 3.05) is 19.1 Å². The molecule has 0 amide bonds. The lowest BCUT2D eigenvalue weighted by molar-refractivity contribution is -0.518. The Morgan fingerprint density at radius 2 is 1.04 bits per heavy atom. The second kappa shape index (κ2) is 18.6. The molecule has 0 saturated carbocycles. The molecule has 1 aliphatic heterocycles. The van der Waals surface area contributed by atoms with E-state index in [2.05, 4.69) is 167 Å². The summed E-state index contributed by atoms with van der Waals surface area (Å²) >= 11 is 7.07. The topological polar surface area (TPSA) is 67.2 Å². The number of aryl methyl sites for hydroxylation is 8. The molecule has 0 atom stereocenters. The third kappa shape index (κ3) is 8.21. The molecule has 0 aliphatic carbocycles. The number of benzene rings is 5. The van der Waals surface area contributed by atoms with Crippen LogP contribution >= 0.6 is 45.3 Å². The van der Waals surface area contributed by atoms with Gasteiger partial charge in [0.1, 0.15) is 17.7 Å². The summed E-state index contributed by atoms with van der Waals surface area (Å²) in [6, 6.07) is 41.4. The van der Waals surface area contributed by atoms with Crippen LogP contribution < -0.4 is 35.2 Å². The van der Waals surface area contributed by atoms with Crippen LogP contribution in [-0.2, 0) is 4.79 Å². The standard InChI is InChI=1S/C59H52BN3O4S4/c1-33-24-35(3)53(36(4)25-33)60(54-37(5)26-34(2)27-38(54)6)48-31-51(70-57(48)58-62(60)32-47(68-58)30-49(61-9)59(64)65)50-28-40(8)56(69-50)52-29-39(7)55(71-52)41-12-14-42(15-13-41)63(43-16-20-45(66-10)21-17-43)44-18-22-46(67-11)23-19-44/h12-32H,1-8,10-11H3,(H,64,65)/b49-30-. The molecule has 71 heavy (non-hydrogen) atoms. The van der Waals surface area contributed by atoms with Gasteiger partial charge in [-0.1, -0.05) is 87.2 Å². The first-order valence-corrected chi connectivity index (χ1v) is 26.6. The molecule has 0 fully saturated rings. The number of anilines is 3. The van der Waals surface area contributed by atoms with Gasteiger partial charge in [0.25, 0.3) is 5.70 Å². The van der Waals surface area contributed by atoms with Crippen LogP contribution in [0.15, 0.2) is 127 Å². The maximum atomic E-state index is 12.2. The zero-order chi connectivity index (χ0) is 50.0. The molecule has 4 aromatic heterocycles. The van der Waals surface area contributed by atoms with Gasteiger partial charge in [-0.25, -0.2) is 4.85 Å². The van der Waals surface area contributed by atoms with Gasteiger partial charge in [0.2, 0.25) is 5.01 Å². The molecule has 10 rings (SSSR count). The summed E-state index contributed by atoms with van der Waals surface area (Å²) in [5.74, 6) is 0.387. The molecular weight excluding hydrogens is 954 g/mol. The highest BCUT2D eigenvalue weighted by Crippen LogP contribution is 2.48. The van der Waals surface area contributed by atoms with Crippen LogP contribution in [-0.4, -0.2) is 31.6 Å². The van der Waals surface area contributed by atoms with Gasteiger partial charge < -0.3 is 24.0 Å². The number of carbonyl (C=O) groups is 1. The second-order valence-electron chi connectivity index (χ2n) is 18.7. The number of hydrogen-bond donors (Lipinski definition) is 1. The SMILES string of the molecule is [C-]#[N+]/C(=C\c1c[n+]2c(s1)-c1sc(-c3cc(C)c(-c4cc(C)c(-c5ccc(N(c6ccc(OC)cc6)c6ccc(OC)cc6)cc5)s4)s3)cc1[B-]2(c1c(C)cc(C)cc1C)c1c(C)cc(C)cc1C)C(=O)O. The number of thiazole rings is 1.